The Morgan fingerprint density at radius 1 is 1.14 bits per heavy atom. The fourth-order valence-electron chi connectivity index (χ4n) is 1.34. The van der Waals surface area contributed by atoms with Gasteiger partial charge in [0.05, 0.1) is 6.04 Å². The second-order valence-corrected chi connectivity index (χ2v) is 9.31. The highest BCUT2D eigenvalue weighted by atomic mass is 32.2. The predicted octanol–water partition coefficient (Wildman–Crippen LogP) is -2.41. The first-order valence-electron chi connectivity index (χ1n) is 7.31. The van der Waals surface area contributed by atoms with E-state index in [1.807, 2.05) is 0 Å². The Kier molecular flexibility index (Phi) is 20.3. The summed E-state index contributed by atoms with van der Waals surface area (Å²) in [5.74, 6) is -2.38. The van der Waals surface area contributed by atoms with Crippen molar-refractivity contribution in [1.82, 2.24) is 10.4 Å². The summed E-state index contributed by atoms with van der Waals surface area (Å²) in [5.41, 5.74) is 4.99. The van der Waals surface area contributed by atoms with Gasteiger partial charge in [-0.05, 0) is 31.8 Å². The number of hydrogen-bond donors (Lipinski definition) is 8. The molecule has 0 rings (SSSR count). The van der Waals surface area contributed by atoms with Crippen LogP contribution in [0.1, 0.15) is 26.7 Å². The molecule has 0 aliphatic rings. The molecule has 3 atom stereocenters. The van der Waals surface area contributed by atoms with Crippen molar-refractivity contribution in [2.45, 2.75) is 44.6 Å². The summed E-state index contributed by atoms with van der Waals surface area (Å²) in [7, 11) is -8.51. The molecule has 172 valence electrons. The maximum atomic E-state index is 11.5. The number of carboxylic acid groups (broad SMARTS) is 1. The fraction of sp³-hybridized carbons (Fsp3) is 0.818. The van der Waals surface area contributed by atoms with Crippen molar-refractivity contribution in [2.24, 2.45) is 5.73 Å². The molecule has 1 amide bonds. The third kappa shape index (κ3) is 18.8. The molecule has 3 unspecified atom stereocenters. The first-order valence-corrected chi connectivity index (χ1v) is 12.0. The second kappa shape index (κ2) is 16.3. The molecule has 0 fully saturated rings. The molecule has 0 aliphatic carbocycles. The molecule has 0 aromatic rings. The van der Waals surface area contributed by atoms with Gasteiger partial charge in [0, 0.05) is 0 Å². The minimum atomic E-state index is -4.53. The molecule has 0 bridgehead atoms. The van der Waals surface area contributed by atoms with Gasteiger partial charge < -0.3 is 46.7 Å². The smallest absolute Gasteiger partial charge is 0.401 e. The summed E-state index contributed by atoms with van der Waals surface area (Å²) in [5, 5.41) is 12.9. The zero-order valence-electron chi connectivity index (χ0n) is 15.6. The predicted molar refractivity (Wildman–Crippen MR) is 105 cm³/mol. The van der Waals surface area contributed by atoms with Crippen LogP contribution in [0, 0.1) is 0 Å². The quantitative estimate of drug-likeness (QED) is 0.153. The summed E-state index contributed by atoms with van der Waals surface area (Å²) in [6.45, 7) is 2.87. The summed E-state index contributed by atoms with van der Waals surface area (Å²) in [6, 6.07) is -2.24. The molecule has 0 spiro atoms. The van der Waals surface area contributed by atoms with Crippen LogP contribution in [0.2, 0.25) is 0 Å². The van der Waals surface area contributed by atoms with Gasteiger partial charge in [0.15, 0.2) is 0 Å². The zero-order valence-corrected chi connectivity index (χ0v) is 18.2. The number of rotatable bonds is 10. The van der Waals surface area contributed by atoms with Gasteiger partial charge in [-0.3, -0.25) is 9.36 Å². The van der Waals surface area contributed by atoms with Crippen LogP contribution in [0.25, 0.3) is 0 Å². The van der Waals surface area contributed by atoms with Crippen LogP contribution in [0.4, 0.5) is 0 Å². The molecule has 13 N–H and O–H groups in total. The normalized spacial score (nSPS) is 14.1. The lowest BCUT2D eigenvalue weighted by atomic mass is 10.2. The maximum Gasteiger partial charge on any atom is 0.401 e. The molecule has 14 nitrogen and oxygen atoms in total. The van der Waals surface area contributed by atoms with E-state index >= 15 is 0 Å². The van der Waals surface area contributed by atoms with Crippen molar-refractivity contribution < 1.29 is 54.4 Å². The largest absolute Gasteiger partial charge is 0.480 e. The molecule has 0 saturated heterocycles. The minimum absolute atomic E-state index is 0. The van der Waals surface area contributed by atoms with Gasteiger partial charge >= 0.3 is 21.3 Å². The zero-order chi connectivity index (χ0) is 21.1. The molecule has 0 aliphatic heterocycles. The fourth-order valence-corrected chi connectivity index (χ4v) is 2.91. The van der Waals surface area contributed by atoms with Gasteiger partial charge in [-0.15, -0.1) is 0 Å². The number of amides is 1. The number of hydrogen-bond acceptors (Lipinski definition) is 6. The number of nitrogens with one attached hydrogen (secondary N) is 2. The number of carbonyl (C=O) groups is 2. The monoisotopic (exact) mass is 475 g/mol. The van der Waals surface area contributed by atoms with Crippen molar-refractivity contribution >= 4 is 39.0 Å². The Bertz CT molecular complexity index is 542. The minimum Gasteiger partial charge on any atom is -0.480 e. The maximum absolute atomic E-state index is 11.5. The lowest BCUT2D eigenvalue weighted by Crippen LogP contribution is -2.48. The molecular weight excluding hydrogens is 444 g/mol. The van der Waals surface area contributed by atoms with Crippen LogP contribution in [0.15, 0.2) is 0 Å². The van der Waals surface area contributed by atoms with E-state index in [0.717, 1.165) is 0 Å². The van der Waals surface area contributed by atoms with Crippen LogP contribution in [-0.2, 0) is 18.7 Å². The van der Waals surface area contributed by atoms with Crippen molar-refractivity contribution in [3.8, 4) is 0 Å². The van der Waals surface area contributed by atoms with Crippen molar-refractivity contribution in [2.75, 3.05) is 12.0 Å². The number of carbonyl (C=O) groups excluding carboxylic acids is 1. The average Bonchev–Trinajstić information content (AvgIpc) is 2.47. The topological polar surface area (TPSA) is 283 Å². The second-order valence-electron chi connectivity index (χ2n) is 5.14. The van der Waals surface area contributed by atoms with Gasteiger partial charge in [0.1, 0.15) is 11.8 Å². The van der Waals surface area contributed by atoms with Gasteiger partial charge in [-0.25, -0.2) is 14.4 Å². The summed E-state index contributed by atoms with van der Waals surface area (Å²) >= 11 is 1.44. The van der Waals surface area contributed by atoms with Gasteiger partial charge in [0.2, 0.25) is 5.91 Å². The molecule has 17 heteroatoms. The molecule has 0 saturated carbocycles. The number of nitrogens with two attached hydrogens (primary N) is 1. The van der Waals surface area contributed by atoms with Crippen molar-refractivity contribution in [1.29, 1.82) is 0 Å². The SMILES string of the molecule is CCC(N)P(=O)(O)O.CSCCC(NC(=O)C(C)NP(=O)(O)O)C(=O)O.O.O. The number of aliphatic carboxylic acids is 1. The van der Waals surface area contributed by atoms with E-state index in [0.29, 0.717) is 12.2 Å². The molecule has 0 heterocycles. The highest BCUT2D eigenvalue weighted by Crippen LogP contribution is 2.39. The van der Waals surface area contributed by atoms with E-state index < -0.39 is 45.1 Å². The van der Waals surface area contributed by atoms with Crippen molar-refractivity contribution in [3.05, 3.63) is 0 Å². The molecule has 0 aromatic heterocycles. The third-order valence-corrected chi connectivity index (χ3v) is 5.43. The van der Waals surface area contributed by atoms with Crippen LogP contribution in [-0.4, -0.2) is 77.4 Å². The van der Waals surface area contributed by atoms with Crippen molar-refractivity contribution in [3.63, 3.8) is 0 Å². The van der Waals surface area contributed by atoms with Crippen LogP contribution in [0.5, 0.6) is 0 Å². The Balaban J connectivity index is -0.000000246. The molecular formula is C11H31N3O11P2S. The summed E-state index contributed by atoms with van der Waals surface area (Å²) < 4.78 is 20.8. The van der Waals surface area contributed by atoms with Gasteiger partial charge in [0.25, 0.3) is 0 Å². The highest BCUT2D eigenvalue weighted by Gasteiger charge is 2.26. The molecule has 0 radical (unpaired) electrons. The van der Waals surface area contributed by atoms with E-state index in [1.54, 1.807) is 18.3 Å². The van der Waals surface area contributed by atoms with E-state index in [9.17, 15) is 18.7 Å². The Morgan fingerprint density at radius 3 is 1.86 bits per heavy atom. The Morgan fingerprint density at radius 2 is 1.61 bits per heavy atom. The first-order chi connectivity index (χ1) is 11.7. The standard InChI is InChI=1S/C8H17N2O6PS.C3H10NO3P.2H2O/c1-5(10-17(14,15)16)7(11)9-6(8(12)13)3-4-18-2;1-2-3(4)8(5,6)7;;/h5-6H,3-4H2,1-2H3,(H,9,11)(H,12,13)(H3,10,14,15,16);3H,2,4H2,1H3,(H2,5,6,7);2*1H2. The Labute approximate surface area is 166 Å². The van der Waals surface area contributed by atoms with E-state index in [-0.39, 0.29) is 17.4 Å². The molecule has 0 aromatic carbocycles. The number of thioether (sulfide) groups is 1. The van der Waals surface area contributed by atoms with E-state index in [4.69, 9.17) is 30.4 Å². The first kappa shape index (κ1) is 34.9. The lowest BCUT2D eigenvalue weighted by Gasteiger charge is -2.18. The van der Waals surface area contributed by atoms with E-state index in [1.165, 1.54) is 18.7 Å². The van der Waals surface area contributed by atoms with Crippen LogP contribution in [0.3, 0.4) is 0 Å². The van der Waals surface area contributed by atoms with Crippen LogP contribution >= 0.6 is 27.1 Å². The lowest BCUT2D eigenvalue weighted by molar-refractivity contribution is -0.142. The average molecular weight is 475 g/mol. The van der Waals surface area contributed by atoms with Gasteiger partial charge in [-0.2, -0.15) is 11.8 Å². The molecule has 28 heavy (non-hydrogen) atoms. The summed E-state index contributed by atoms with van der Waals surface area (Å²) in [6.07, 6.45) is 2.36. The van der Waals surface area contributed by atoms with Crippen LogP contribution < -0.4 is 16.1 Å². The number of carboxylic acids is 1. The Hall–Kier alpha value is -0.570. The van der Waals surface area contributed by atoms with E-state index in [2.05, 4.69) is 5.32 Å². The third-order valence-electron chi connectivity index (χ3n) is 2.83. The highest BCUT2D eigenvalue weighted by molar-refractivity contribution is 7.98. The van der Waals surface area contributed by atoms with Gasteiger partial charge in [-0.1, -0.05) is 6.92 Å². The summed E-state index contributed by atoms with van der Waals surface area (Å²) in [4.78, 5) is 56.2.